The Morgan fingerprint density at radius 1 is 1.03 bits per heavy atom. The van der Waals surface area contributed by atoms with Crippen molar-refractivity contribution in [3.8, 4) is 0 Å². The van der Waals surface area contributed by atoms with E-state index < -0.39 is 41.2 Å². The summed E-state index contributed by atoms with van der Waals surface area (Å²) in [6, 6.07) is 4.11. The summed E-state index contributed by atoms with van der Waals surface area (Å²) < 4.78 is 11.0. The van der Waals surface area contributed by atoms with E-state index in [2.05, 4.69) is 10.2 Å². The number of hydrogen-bond donors (Lipinski definition) is 1. The van der Waals surface area contributed by atoms with Crippen molar-refractivity contribution < 1.29 is 33.4 Å². The Morgan fingerprint density at radius 3 is 2.35 bits per heavy atom. The maximum absolute atomic E-state index is 13.0. The molecular weight excluding hydrogens is 442 g/mol. The van der Waals surface area contributed by atoms with Crippen LogP contribution >= 0.6 is 0 Å². The standard InChI is InChI=1S/C24H29N3O7/c1-24(2,3)34-20(29)13-33-15-8-10-26(11-9-15)14-4-5-16-17(12-14)23(32)27(22(16)31)18-6-7-19(28)25-21(18)30/h4-5,12,15,18H,6-11,13H2,1-3H3,(H,25,28,30). The number of rotatable bonds is 5. The number of carbonyl (C=O) groups excluding carboxylic acids is 5. The van der Waals surface area contributed by atoms with Crippen molar-refractivity contribution in [1.82, 2.24) is 10.2 Å². The van der Waals surface area contributed by atoms with E-state index in [-0.39, 0.29) is 36.7 Å². The highest BCUT2D eigenvalue weighted by atomic mass is 16.6. The van der Waals surface area contributed by atoms with E-state index in [0.29, 0.717) is 25.9 Å². The summed E-state index contributed by atoms with van der Waals surface area (Å²) >= 11 is 0. The van der Waals surface area contributed by atoms with Gasteiger partial charge in [-0.3, -0.25) is 29.4 Å². The first-order chi connectivity index (χ1) is 16.0. The van der Waals surface area contributed by atoms with Crippen molar-refractivity contribution in [3.05, 3.63) is 29.3 Å². The van der Waals surface area contributed by atoms with Gasteiger partial charge in [-0.1, -0.05) is 0 Å². The van der Waals surface area contributed by atoms with Crippen LogP contribution in [0.4, 0.5) is 5.69 Å². The SMILES string of the molecule is CC(C)(C)OC(=O)COC1CCN(c2ccc3c(c2)C(=O)N(C2CCC(=O)NC2=O)C3=O)CC1. The molecule has 2 saturated heterocycles. The highest BCUT2D eigenvalue weighted by Crippen LogP contribution is 2.31. The molecule has 4 rings (SSSR count). The molecule has 3 heterocycles. The molecule has 1 N–H and O–H groups in total. The topological polar surface area (TPSA) is 122 Å². The maximum Gasteiger partial charge on any atom is 0.332 e. The van der Waals surface area contributed by atoms with Gasteiger partial charge in [-0.2, -0.15) is 0 Å². The largest absolute Gasteiger partial charge is 0.458 e. The van der Waals surface area contributed by atoms with E-state index in [0.717, 1.165) is 10.6 Å². The van der Waals surface area contributed by atoms with Crippen molar-refractivity contribution in [2.24, 2.45) is 0 Å². The van der Waals surface area contributed by atoms with Gasteiger partial charge >= 0.3 is 5.97 Å². The van der Waals surface area contributed by atoms with Crippen molar-refractivity contribution in [3.63, 3.8) is 0 Å². The van der Waals surface area contributed by atoms with E-state index in [9.17, 15) is 24.0 Å². The second kappa shape index (κ2) is 9.17. The molecule has 0 aliphatic carbocycles. The first-order valence-electron chi connectivity index (χ1n) is 11.5. The van der Waals surface area contributed by atoms with Crippen LogP contribution in [0, 0.1) is 0 Å². The lowest BCUT2D eigenvalue weighted by molar-refractivity contribution is -0.162. The third-order valence-electron chi connectivity index (χ3n) is 6.09. The van der Waals surface area contributed by atoms with Gasteiger partial charge in [-0.25, -0.2) is 4.79 Å². The average molecular weight is 472 g/mol. The number of piperidine rings is 2. The minimum absolute atomic E-state index is 0.0654. The first-order valence-corrected chi connectivity index (χ1v) is 11.5. The van der Waals surface area contributed by atoms with Gasteiger partial charge in [0.2, 0.25) is 11.8 Å². The summed E-state index contributed by atoms with van der Waals surface area (Å²) in [5.41, 5.74) is 0.768. The van der Waals surface area contributed by atoms with Crippen LogP contribution in [0.3, 0.4) is 0 Å². The summed E-state index contributed by atoms with van der Waals surface area (Å²) in [4.78, 5) is 64.5. The van der Waals surface area contributed by atoms with Crippen LogP contribution in [-0.4, -0.2) is 71.9 Å². The van der Waals surface area contributed by atoms with Crippen LogP contribution in [0.25, 0.3) is 0 Å². The van der Waals surface area contributed by atoms with Crippen molar-refractivity contribution in [2.45, 2.75) is 64.2 Å². The van der Waals surface area contributed by atoms with Gasteiger partial charge in [0.05, 0.1) is 17.2 Å². The second-order valence-corrected chi connectivity index (χ2v) is 9.76. The Kier molecular flexibility index (Phi) is 6.44. The van der Waals surface area contributed by atoms with Crippen molar-refractivity contribution in [1.29, 1.82) is 0 Å². The molecule has 1 aromatic rings. The van der Waals surface area contributed by atoms with Gasteiger partial charge in [0.1, 0.15) is 18.2 Å². The molecule has 0 spiro atoms. The molecule has 3 aliphatic rings. The maximum atomic E-state index is 13.0. The predicted octanol–water partition coefficient (Wildman–Crippen LogP) is 1.41. The molecule has 1 aromatic carbocycles. The van der Waals surface area contributed by atoms with Gasteiger partial charge in [0.25, 0.3) is 11.8 Å². The first kappa shape index (κ1) is 23.9. The molecule has 1 atom stereocenters. The Labute approximate surface area is 197 Å². The third kappa shape index (κ3) is 4.96. The predicted molar refractivity (Wildman–Crippen MR) is 120 cm³/mol. The van der Waals surface area contributed by atoms with Crippen LogP contribution in [0.5, 0.6) is 0 Å². The van der Waals surface area contributed by atoms with Crippen LogP contribution in [0.2, 0.25) is 0 Å². The number of amides is 4. The number of esters is 1. The van der Waals surface area contributed by atoms with Gasteiger partial charge in [0, 0.05) is 25.2 Å². The van der Waals surface area contributed by atoms with Crippen LogP contribution < -0.4 is 10.2 Å². The lowest BCUT2D eigenvalue weighted by Gasteiger charge is -2.33. The van der Waals surface area contributed by atoms with Gasteiger partial charge in [-0.05, 0) is 58.2 Å². The number of nitrogens with zero attached hydrogens (tertiary/aromatic N) is 2. The Bertz CT molecular complexity index is 1040. The van der Waals surface area contributed by atoms with Gasteiger partial charge in [-0.15, -0.1) is 0 Å². The number of nitrogens with one attached hydrogen (secondary N) is 1. The minimum Gasteiger partial charge on any atom is -0.458 e. The molecule has 182 valence electrons. The summed E-state index contributed by atoms with van der Waals surface area (Å²) in [5.74, 6) is -2.46. The molecule has 0 saturated carbocycles. The minimum atomic E-state index is -0.980. The monoisotopic (exact) mass is 471 g/mol. The molecule has 1 unspecified atom stereocenters. The van der Waals surface area contributed by atoms with Crippen LogP contribution in [0.1, 0.15) is 67.2 Å². The highest BCUT2D eigenvalue weighted by Gasteiger charge is 2.44. The molecule has 4 amide bonds. The number of carbonyl (C=O) groups is 5. The molecule has 10 nitrogen and oxygen atoms in total. The quantitative estimate of drug-likeness (QED) is 0.505. The lowest BCUT2D eigenvalue weighted by Crippen LogP contribution is -2.54. The zero-order valence-corrected chi connectivity index (χ0v) is 19.6. The Hall–Kier alpha value is -3.27. The number of benzene rings is 1. The zero-order chi connectivity index (χ0) is 24.6. The molecular formula is C24H29N3O7. The van der Waals surface area contributed by atoms with Gasteiger partial charge in [0.15, 0.2) is 0 Å². The smallest absolute Gasteiger partial charge is 0.332 e. The number of anilines is 1. The molecule has 2 fully saturated rings. The zero-order valence-electron chi connectivity index (χ0n) is 19.6. The fraction of sp³-hybridized carbons (Fsp3) is 0.542. The summed E-state index contributed by atoms with van der Waals surface area (Å²) in [7, 11) is 0. The van der Waals surface area contributed by atoms with Crippen molar-refractivity contribution in [2.75, 3.05) is 24.6 Å². The second-order valence-electron chi connectivity index (χ2n) is 9.76. The molecule has 10 heteroatoms. The summed E-state index contributed by atoms with van der Waals surface area (Å²) in [5, 5.41) is 2.20. The van der Waals surface area contributed by atoms with E-state index in [1.165, 1.54) is 0 Å². The van der Waals surface area contributed by atoms with E-state index in [1.54, 1.807) is 18.2 Å². The Balaban J connectivity index is 1.37. The summed E-state index contributed by atoms with van der Waals surface area (Å²) in [6.45, 7) is 6.66. The van der Waals surface area contributed by atoms with Crippen molar-refractivity contribution >= 4 is 35.3 Å². The molecule has 3 aliphatic heterocycles. The number of hydrogen-bond acceptors (Lipinski definition) is 8. The van der Waals surface area contributed by atoms with E-state index in [4.69, 9.17) is 9.47 Å². The van der Waals surface area contributed by atoms with E-state index >= 15 is 0 Å². The van der Waals surface area contributed by atoms with Crippen LogP contribution in [-0.2, 0) is 23.9 Å². The fourth-order valence-electron chi connectivity index (χ4n) is 4.49. The number of fused-ring (bicyclic) bond motifs is 1. The summed E-state index contributed by atoms with van der Waals surface area (Å²) in [6.07, 6.45) is 1.55. The highest BCUT2D eigenvalue weighted by molar-refractivity contribution is 6.23. The fourth-order valence-corrected chi connectivity index (χ4v) is 4.49. The number of ether oxygens (including phenoxy) is 2. The third-order valence-corrected chi connectivity index (χ3v) is 6.09. The van der Waals surface area contributed by atoms with E-state index in [1.807, 2.05) is 20.8 Å². The average Bonchev–Trinajstić information content (AvgIpc) is 3.01. The number of imide groups is 2. The van der Waals surface area contributed by atoms with Gasteiger partial charge < -0.3 is 14.4 Å². The molecule has 0 aromatic heterocycles. The Morgan fingerprint density at radius 2 is 1.71 bits per heavy atom. The lowest BCUT2D eigenvalue weighted by atomic mass is 10.0. The molecule has 0 radical (unpaired) electrons. The molecule has 34 heavy (non-hydrogen) atoms. The van der Waals surface area contributed by atoms with Crippen LogP contribution in [0.15, 0.2) is 18.2 Å². The molecule has 0 bridgehead atoms. The normalized spacial score (nSPS) is 21.6.